The minimum absolute atomic E-state index is 0.323. The Labute approximate surface area is 157 Å². The summed E-state index contributed by atoms with van der Waals surface area (Å²) in [7, 11) is -0.272. The Balaban J connectivity index is 2.05. The minimum Gasteiger partial charge on any atom is -0.496 e. The molecule has 7 heteroatoms. The Morgan fingerprint density at radius 3 is 2.42 bits per heavy atom. The van der Waals surface area contributed by atoms with Crippen molar-refractivity contribution in [3.8, 4) is 5.75 Å². The summed E-state index contributed by atoms with van der Waals surface area (Å²) in [4.78, 5) is 2.59. The van der Waals surface area contributed by atoms with E-state index < -0.39 is 10.0 Å². The number of nitrogens with zero attached hydrogens (tertiary/aromatic N) is 2. The Kier molecular flexibility index (Phi) is 7.07. The van der Waals surface area contributed by atoms with Gasteiger partial charge in [0.1, 0.15) is 5.75 Å². The summed E-state index contributed by atoms with van der Waals surface area (Å²) in [5.74, 6) is 1.05. The molecule has 0 aromatic heterocycles. The number of β-amino-alcohol motifs (C(OH)–C–C–N with tert-alkyl or cyclic N) is 1. The summed E-state index contributed by atoms with van der Waals surface area (Å²) < 4.78 is 32.8. The normalized spacial score (nSPS) is 18.3. The van der Waals surface area contributed by atoms with Crippen molar-refractivity contribution < 1.29 is 18.3 Å². The molecule has 0 aliphatic carbocycles. The second kappa shape index (κ2) is 8.69. The van der Waals surface area contributed by atoms with Crippen LogP contribution in [0.5, 0.6) is 5.75 Å². The first kappa shape index (κ1) is 21.2. The molecule has 0 radical (unpaired) electrons. The molecular weight excluding hydrogens is 352 g/mol. The number of hydrogen-bond donors (Lipinski definition) is 1. The second-order valence-corrected chi connectivity index (χ2v) is 9.41. The lowest BCUT2D eigenvalue weighted by Gasteiger charge is -2.34. The molecule has 0 spiro atoms. The molecule has 6 nitrogen and oxygen atoms in total. The van der Waals surface area contributed by atoms with Gasteiger partial charge in [-0.3, -0.25) is 0 Å². The fourth-order valence-electron chi connectivity index (χ4n) is 3.63. The molecule has 0 saturated carbocycles. The molecule has 1 atom stereocenters. The van der Waals surface area contributed by atoms with Crippen LogP contribution in [0.15, 0.2) is 17.0 Å². The number of likely N-dealkylation sites (tertiary alicyclic amines) is 1. The third-order valence-electron chi connectivity index (χ3n) is 5.34. The van der Waals surface area contributed by atoms with E-state index in [0.29, 0.717) is 29.7 Å². The van der Waals surface area contributed by atoms with Gasteiger partial charge >= 0.3 is 0 Å². The number of methoxy groups -OCH3 is 1. The number of rotatable bonds is 7. The smallest absolute Gasteiger partial charge is 0.243 e. The van der Waals surface area contributed by atoms with E-state index in [4.69, 9.17) is 4.74 Å². The largest absolute Gasteiger partial charge is 0.496 e. The van der Waals surface area contributed by atoms with Gasteiger partial charge in [-0.1, -0.05) is 0 Å². The van der Waals surface area contributed by atoms with Gasteiger partial charge in [-0.25, -0.2) is 12.7 Å². The molecule has 1 unspecified atom stereocenters. The Morgan fingerprint density at radius 2 is 1.88 bits per heavy atom. The third-order valence-corrected chi connectivity index (χ3v) is 7.31. The Hall–Kier alpha value is -1.15. The summed E-state index contributed by atoms with van der Waals surface area (Å²) in [5.41, 5.74) is 1.59. The molecule has 1 aliphatic rings. The van der Waals surface area contributed by atoms with E-state index in [0.717, 1.165) is 37.1 Å². The van der Waals surface area contributed by atoms with Crippen molar-refractivity contribution >= 4 is 10.0 Å². The van der Waals surface area contributed by atoms with Gasteiger partial charge < -0.3 is 14.7 Å². The van der Waals surface area contributed by atoms with Gasteiger partial charge in [0.25, 0.3) is 0 Å². The number of piperidine rings is 1. The molecule has 1 N–H and O–H groups in total. The second-order valence-electron chi connectivity index (χ2n) is 7.39. The summed E-state index contributed by atoms with van der Waals surface area (Å²) in [5, 5.41) is 9.50. The van der Waals surface area contributed by atoms with Crippen LogP contribution in [0, 0.1) is 19.8 Å². The van der Waals surface area contributed by atoms with Gasteiger partial charge in [0, 0.05) is 20.1 Å². The van der Waals surface area contributed by atoms with Crippen molar-refractivity contribution in [1.82, 2.24) is 9.21 Å². The molecule has 26 heavy (non-hydrogen) atoms. The first-order chi connectivity index (χ1) is 12.2. The van der Waals surface area contributed by atoms with Crippen LogP contribution >= 0.6 is 0 Å². The molecule has 0 bridgehead atoms. The van der Waals surface area contributed by atoms with E-state index in [9.17, 15) is 13.5 Å². The predicted octanol–water partition coefficient (Wildman–Crippen LogP) is 2.03. The van der Waals surface area contributed by atoms with Crippen LogP contribution in [0.4, 0.5) is 0 Å². The minimum atomic E-state index is -3.52. The van der Waals surface area contributed by atoms with Gasteiger partial charge in [-0.05, 0) is 75.9 Å². The van der Waals surface area contributed by atoms with Gasteiger partial charge in [0.2, 0.25) is 10.0 Å². The molecule has 1 aliphatic heterocycles. The van der Waals surface area contributed by atoms with E-state index in [1.54, 1.807) is 33.2 Å². The number of benzene rings is 1. The number of sulfonamides is 1. The summed E-state index contributed by atoms with van der Waals surface area (Å²) >= 11 is 0. The maximum Gasteiger partial charge on any atom is 0.243 e. The number of aliphatic hydroxyl groups excluding tert-OH is 1. The first-order valence-corrected chi connectivity index (χ1v) is 10.6. The number of aliphatic hydroxyl groups is 1. The maximum absolute atomic E-state index is 13.0. The van der Waals surface area contributed by atoms with Gasteiger partial charge in [-0.2, -0.15) is 0 Å². The van der Waals surface area contributed by atoms with E-state index in [1.165, 1.54) is 4.31 Å². The zero-order valence-electron chi connectivity index (χ0n) is 16.5. The molecule has 1 saturated heterocycles. The van der Waals surface area contributed by atoms with Crippen LogP contribution in [0.2, 0.25) is 0 Å². The van der Waals surface area contributed by atoms with E-state index in [1.807, 2.05) is 13.8 Å². The predicted molar refractivity (Wildman–Crippen MR) is 103 cm³/mol. The fourth-order valence-corrected chi connectivity index (χ4v) is 5.15. The van der Waals surface area contributed by atoms with Gasteiger partial charge in [-0.15, -0.1) is 0 Å². The molecule has 1 aromatic carbocycles. The zero-order valence-corrected chi connectivity index (χ0v) is 17.3. The van der Waals surface area contributed by atoms with Crippen molar-refractivity contribution in [2.45, 2.75) is 44.6 Å². The monoisotopic (exact) mass is 384 g/mol. The van der Waals surface area contributed by atoms with Crippen molar-refractivity contribution in [2.75, 3.05) is 40.3 Å². The standard InChI is InChI=1S/C19H32N2O4S/c1-14(22)12-21-10-8-17(9-11-21)13-20(4)26(23,24)19-7-6-18(25-5)15(2)16(19)3/h6-7,14,17,22H,8-13H2,1-5H3. The van der Waals surface area contributed by atoms with Gasteiger partial charge in [0.15, 0.2) is 0 Å². The van der Waals surface area contributed by atoms with Crippen molar-refractivity contribution in [2.24, 2.45) is 5.92 Å². The van der Waals surface area contributed by atoms with Gasteiger partial charge in [0.05, 0.1) is 18.1 Å². The molecule has 1 heterocycles. The number of hydrogen-bond acceptors (Lipinski definition) is 5. The molecule has 1 fully saturated rings. The Bertz CT molecular complexity index is 710. The molecule has 0 amide bonds. The van der Waals surface area contributed by atoms with E-state index in [2.05, 4.69) is 4.90 Å². The lowest BCUT2D eigenvalue weighted by Crippen LogP contribution is -2.41. The van der Waals surface area contributed by atoms with E-state index in [-0.39, 0.29) is 6.10 Å². The average molecular weight is 385 g/mol. The quantitative estimate of drug-likeness (QED) is 0.779. The zero-order chi connectivity index (χ0) is 19.5. The fraction of sp³-hybridized carbons (Fsp3) is 0.684. The molecular formula is C19H32N2O4S. The lowest BCUT2D eigenvalue weighted by molar-refractivity contribution is 0.0972. The molecule has 148 valence electrons. The maximum atomic E-state index is 13.0. The highest BCUT2D eigenvalue weighted by Gasteiger charge is 2.28. The molecule has 1 aromatic rings. The lowest BCUT2D eigenvalue weighted by atomic mass is 9.97. The summed E-state index contributed by atoms with van der Waals surface area (Å²) in [6.07, 6.45) is 1.58. The van der Waals surface area contributed by atoms with Crippen LogP contribution in [0.3, 0.4) is 0 Å². The van der Waals surface area contributed by atoms with Crippen molar-refractivity contribution in [3.63, 3.8) is 0 Å². The summed E-state index contributed by atoms with van der Waals surface area (Å²) in [6, 6.07) is 3.36. The average Bonchev–Trinajstić information content (AvgIpc) is 2.58. The highest BCUT2D eigenvalue weighted by molar-refractivity contribution is 7.89. The van der Waals surface area contributed by atoms with Crippen LogP contribution in [-0.2, 0) is 10.0 Å². The third kappa shape index (κ3) is 4.76. The van der Waals surface area contributed by atoms with Crippen molar-refractivity contribution in [3.05, 3.63) is 23.3 Å². The van der Waals surface area contributed by atoms with Crippen LogP contribution < -0.4 is 4.74 Å². The SMILES string of the molecule is COc1ccc(S(=O)(=O)N(C)CC2CCN(CC(C)O)CC2)c(C)c1C. The topological polar surface area (TPSA) is 70.1 Å². The van der Waals surface area contributed by atoms with Crippen LogP contribution in [0.25, 0.3) is 0 Å². The summed E-state index contributed by atoms with van der Waals surface area (Å²) in [6.45, 7) is 8.53. The van der Waals surface area contributed by atoms with Crippen LogP contribution in [0.1, 0.15) is 30.9 Å². The Morgan fingerprint density at radius 1 is 1.27 bits per heavy atom. The van der Waals surface area contributed by atoms with Crippen molar-refractivity contribution in [1.29, 1.82) is 0 Å². The number of ether oxygens (including phenoxy) is 1. The molecule has 2 rings (SSSR count). The van der Waals surface area contributed by atoms with E-state index >= 15 is 0 Å². The van der Waals surface area contributed by atoms with Crippen LogP contribution in [-0.4, -0.2) is 69.2 Å². The highest BCUT2D eigenvalue weighted by atomic mass is 32.2. The highest BCUT2D eigenvalue weighted by Crippen LogP contribution is 2.29. The first-order valence-electron chi connectivity index (χ1n) is 9.17.